The molecule has 0 radical (unpaired) electrons. The van der Waals surface area contributed by atoms with E-state index in [0.29, 0.717) is 37.0 Å². The van der Waals surface area contributed by atoms with Crippen molar-refractivity contribution in [2.24, 2.45) is 0 Å². The summed E-state index contributed by atoms with van der Waals surface area (Å²) in [5.74, 6) is 0.158. The first-order valence-electron chi connectivity index (χ1n) is 13.8. The number of aliphatic hydroxyl groups excluding tert-OH is 1. The molecule has 12 nitrogen and oxygen atoms in total. The highest BCUT2D eigenvalue weighted by molar-refractivity contribution is 6.03. The minimum Gasteiger partial charge on any atom is -0.391 e. The number of anilines is 3. The van der Waals surface area contributed by atoms with E-state index in [2.05, 4.69) is 26.7 Å². The number of likely N-dealkylation sites (N-methyl/N-ethyl adjacent to an activating group) is 1. The van der Waals surface area contributed by atoms with E-state index in [1.54, 1.807) is 11.0 Å². The average molecular weight is 563 g/mol. The fourth-order valence-electron chi connectivity index (χ4n) is 6.24. The summed E-state index contributed by atoms with van der Waals surface area (Å²) in [4.78, 5) is 51.6. The highest BCUT2D eigenvalue weighted by atomic mass is 19.1. The van der Waals surface area contributed by atoms with Crippen LogP contribution in [0.1, 0.15) is 59.3 Å². The van der Waals surface area contributed by atoms with Crippen LogP contribution in [0.4, 0.5) is 26.5 Å². The smallest absolute Gasteiger partial charge is 0.328 e. The molecule has 3 aliphatic heterocycles. The van der Waals surface area contributed by atoms with Crippen LogP contribution in [0.2, 0.25) is 0 Å². The van der Waals surface area contributed by atoms with Gasteiger partial charge in [-0.15, -0.1) is 0 Å². The number of aldehydes is 1. The third-order valence-electron chi connectivity index (χ3n) is 8.59. The van der Waals surface area contributed by atoms with Gasteiger partial charge in [0, 0.05) is 61.9 Å². The highest BCUT2D eigenvalue weighted by Crippen LogP contribution is 2.56. The van der Waals surface area contributed by atoms with Gasteiger partial charge in [0.2, 0.25) is 5.91 Å². The molecule has 2 aliphatic carbocycles. The van der Waals surface area contributed by atoms with Crippen LogP contribution in [0, 0.1) is 11.3 Å². The second-order valence-corrected chi connectivity index (χ2v) is 11.4. The summed E-state index contributed by atoms with van der Waals surface area (Å²) in [7, 11) is 1.86. The van der Waals surface area contributed by atoms with Gasteiger partial charge in [0.1, 0.15) is 29.1 Å². The molecule has 0 aromatic carbocycles. The van der Waals surface area contributed by atoms with Crippen LogP contribution in [0.25, 0.3) is 0 Å². The maximum absolute atomic E-state index is 15.8. The zero-order valence-corrected chi connectivity index (χ0v) is 22.6. The number of carbonyl (C=O) groups is 3. The molecule has 0 unspecified atom stereocenters. The summed E-state index contributed by atoms with van der Waals surface area (Å²) in [5.41, 5.74) is -0.233. The zero-order valence-electron chi connectivity index (χ0n) is 22.6. The van der Waals surface area contributed by atoms with E-state index < -0.39 is 23.8 Å². The quantitative estimate of drug-likeness (QED) is 0.449. The summed E-state index contributed by atoms with van der Waals surface area (Å²) < 4.78 is 15.8. The first kappa shape index (κ1) is 27.0. The van der Waals surface area contributed by atoms with E-state index in [-0.39, 0.29) is 66.3 Å². The minimum atomic E-state index is -1.67. The fourth-order valence-corrected chi connectivity index (χ4v) is 6.24. The van der Waals surface area contributed by atoms with Crippen molar-refractivity contribution in [2.75, 3.05) is 42.2 Å². The lowest BCUT2D eigenvalue weighted by Gasteiger charge is -2.52. The molecule has 3 fully saturated rings. The summed E-state index contributed by atoms with van der Waals surface area (Å²) >= 11 is 0. The van der Waals surface area contributed by atoms with Crippen molar-refractivity contribution >= 4 is 35.5 Å². The van der Waals surface area contributed by atoms with Crippen molar-refractivity contribution in [1.29, 1.82) is 5.26 Å². The Balaban J connectivity index is 1.26. The van der Waals surface area contributed by atoms with Crippen LogP contribution in [0.3, 0.4) is 0 Å². The van der Waals surface area contributed by atoms with Crippen LogP contribution in [-0.2, 0) is 17.0 Å². The summed E-state index contributed by atoms with van der Waals surface area (Å²) in [6.07, 6.45) is 3.85. The predicted octanol–water partition coefficient (Wildman–Crippen LogP) is 2.14. The van der Waals surface area contributed by atoms with E-state index in [9.17, 15) is 24.8 Å². The Morgan fingerprint density at radius 1 is 1.32 bits per heavy atom. The van der Waals surface area contributed by atoms with E-state index in [1.807, 2.05) is 11.9 Å². The van der Waals surface area contributed by atoms with Crippen molar-refractivity contribution in [2.45, 2.75) is 62.5 Å². The van der Waals surface area contributed by atoms with Crippen molar-refractivity contribution in [3.8, 4) is 6.07 Å². The second kappa shape index (κ2) is 10.4. The maximum atomic E-state index is 15.8. The Kier molecular flexibility index (Phi) is 6.83. The number of aromatic nitrogens is 2. The number of aliphatic hydroxyl groups is 1. The van der Waals surface area contributed by atoms with Gasteiger partial charge in [0.05, 0.1) is 29.9 Å². The Labute approximate surface area is 236 Å². The molecule has 13 heteroatoms. The van der Waals surface area contributed by atoms with E-state index in [0.717, 1.165) is 12.8 Å². The number of nitriles is 1. The monoisotopic (exact) mass is 562 g/mol. The number of hydrogen-bond acceptors (Lipinski definition) is 9. The van der Waals surface area contributed by atoms with Crippen LogP contribution in [0.5, 0.6) is 0 Å². The highest BCUT2D eigenvalue weighted by Gasteiger charge is 2.57. The summed E-state index contributed by atoms with van der Waals surface area (Å²) in [6.45, 7) is 1.56. The number of piperazine rings is 1. The van der Waals surface area contributed by atoms with Crippen molar-refractivity contribution in [3.05, 3.63) is 40.7 Å². The molecule has 0 spiro atoms. The third kappa shape index (κ3) is 4.87. The van der Waals surface area contributed by atoms with Gasteiger partial charge >= 0.3 is 6.03 Å². The molecule has 214 valence electrons. The summed E-state index contributed by atoms with van der Waals surface area (Å²) in [6, 6.07) is 3.92. The number of hydrogen-bond donors (Lipinski definition) is 3. The SMILES string of the molecule is CN1CCN(Cc2cc3c(nc2C=O)N(C(=O)Nc2cc(N[C@@H]4CCC[C@H]4O)c(C#N)cn2)C2CC3(F)C2)C(=O)C1. The van der Waals surface area contributed by atoms with Crippen LogP contribution < -0.4 is 15.5 Å². The molecule has 2 atom stereocenters. The molecule has 2 saturated carbocycles. The van der Waals surface area contributed by atoms with Gasteiger partial charge in [0.15, 0.2) is 6.29 Å². The predicted molar refractivity (Wildman–Crippen MR) is 146 cm³/mol. The number of rotatable bonds is 6. The molecule has 41 heavy (non-hydrogen) atoms. The lowest BCUT2D eigenvalue weighted by atomic mass is 9.68. The number of urea groups is 1. The Morgan fingerprint density at radius 3 is 2.80 bits per heavy atom. The van der Waals surface area contributed by atoms with Crippen molar-refractivity contribution in [1.82, 2.24) is 19.8 Å². The van der Waals surface area contributed by atoms with E-state index in [1.165, 1.54) is 17.2 Å². The van der Waals surface area contributed by atoms with Gasteiger partial charge in [-0.25, -0.2) is 19.2 Å². The molecule has 5 aliphatic rings. The number of alkyl halides is 1. The molecular formula is C28H31FN8O4. The fraction of sp³-hybridized carbons (Fsp3) is 0.500. The number of nitrogens with zero attached hydrogens (tertiary/aromatic N) is 6. The molecule has 2 aromatic rings. The van der Waals surface area contributed by atoms with Gasteiger partial charge in [0.25, 0.3) is 0 Å². The molecule has 2 bridgehead atoms. The minimum absolute atomic E-state index is 0.0521. The normalized spacial score (nSPS) is 27.1. The standard InChI is InChI=1S/C28H31FN8O4/c1-35-5-6-36(25(40)14-35)13-16-7-19-26(33-22(16)15-38)37(18-9-28(19,29)10-18)27(41)34-24-8-21(17(11-30)12-31-24)32-20-3-2-4-23(20)39/h7-8,12,15,18,20,23,39H,2-6,9-10,13-14H2,1H3,(H2,31,32,34,41)/t18?,20-,23-,28?/m1/s1. The second-order valence-electron chi connectivity index (χ2n) is 11.4. The zero-order chi connectivity index (χ0) is 28.9. The number of carbonyl (C=O) groups excluding carboxylic acids is 3. The van der Waals surface area contributed by atoms with Crippen LogP contribution >= 0.6 is 0 Å². The molecule has 3 amide bonds. The maximum Gasteiger partial charge on any atom is 0.328 e. The van der Waals surface area contributed by atoms with Crippen molar-refractivity contribution < 1.29 is 23.9 Å². The molecule has 5 heterocycles. The molecule has 7 rings (SSSR count). The molecule has 3 N–H and O–H groups in total. The Bertz CT molecular complexity index is 1460. The Morgan fingerprint density at radius 2 is 2.12 bits per heavy atom. The average Bonchev–Trinajstić information content (AvgIpc) is 3.33. The van der Waals surface area contributed by atoms with Gasteiger partial charge in [-0.2, -0.15) is 5.26 Å². The number of pyridine rings is 2. The van der Waals surface area contributed by atoms with Crippen LogP contribution in [0.15, 0.2) is 18.3 Å². The summed E-state index contributed by atoms with van der Waals surface area (Å²) in [5, 5.41) is 25.7. The van der Waals surface area contributed by atoms with Gasteiger partial charge in [-0.3, -0.25) is 24.7 Å². The number of halogens is 1. The largest absolute Gasteiger partial charge is 0.391 e. The van der Waals surface area contributed by atoms with E-state index >= 15 is 4.39 Å². The topological polar surface area (TPSA) is 155 Å². The lowest BCUT2D eigenvalue weighted by Crippen LogP contribution is -2.60. The number of amides is 3. The first-order valence-corrected chi connectivity index (χ1v) is 13.8. The molecule has 1 saturated heterocycles. The van der Waals surface area contributed by atoms with Gasteiger partial charge < -0.3 is 15.3 Å². The van der Waals surface area contributed by atoms with Gasteiger partial charge in [-0.05, 0) is 32.4 Å². The first-order chi connectivity index (χ1) is 19.7. The third-order valence-corrected chi connectivity index (χ3v) is 8.59. The lowest BCUT2D eigenvalue weighted by molar-refractivity contribution is -0.136. The van der Waals surface area contributed by atoms with Gasteiger partial charge in [-0.1, -0.05) is 0 Å². The molecule has 2 aromatic heterocycles. The van der Waals surface area contributed by atoms with E-state index in [4.69, 9.17) is 0 Å². The number of nitrogens with one attached hydrogen (secondary N) is 2. The van der Waals surface area contributed by atoms with Crippen LogP contribution in [-0.4, -0.2) is 88.0 Å². The Hall–Kier alpha value is -4.15. The molecular weight excluding hydrogens is 531 g/mol. The van der Waals surface area contributed by atoms with Crippen molar-refractivity contribution in [3.63, 3.8) is 0 Å².